The number of nitrogens with two attached hydrogens (primary N) is 1. The van der Waals surface area contributed by atoms with Gasteiger partial charge >= 0.3 is 0 Å². The Kier molecular flexibility index (Phi) is 4.43. The maximum absolute atomic E-state index is 5.62. The third-order valence-corrected chi connectivity index (χ3v) is 2.56. The maximum atomic E-state index is 5.62. The molecule has 15 heavy (non-hydrogen) atoms. The van der Waals surface area contributed by atoms with Gasteiger partial charge in [0, 0.05) is 25.3 Å². The minimum atomic E-state index is 0.350. The minimum Gasteiger partial charge on any atom is -0.494 e. The molecule has 0 spiro atoms. The van der Waals surface area contributed by atoms with E-state index < -0.39 is 0 Å². The molecule has 1 atom stereocenters. The standard InChI is InChI=1S/C12H20N2O/c1-4-15-12-7-5-11(6-8-12)14(3)10(2)9-13/h5-8,10H,4,9,13H2,1-3H3. The molecule has 84 valence electrons. The molecular weight excluding hydrogens is 188 g/mol. The van der Waals surface area contributed by atoms with Gasteiger partial charge in [0.2, 0.25) is 0 Å². The van der Waals surface area contributed by atoms with Crippen molar-refractivity contribution in [1.29, 1.82) is 0 Å². The Morgan fingerprint density at radius 1 is 1.33 bits per heavy atom. The summed E-state index contributed by atoms with van der Waals surface area (Å²) in [6.45, 7) is 5.45. The summed E-state index contributed by atoms with van der Waals surface area (Å²) in [5.41, 5.74) is 6.78. The van der Waals surface area contributed by atoms with Crippen LogP contribution in [0.2, 0.25) is 0 Å². The molecule has 1 unspecified atom stereocenters. The molecule has 3 heteroatoms. The van der Waals surface area contributed by atoms with Crippen LogP contribution in [0, 0.1) is 0 Å². The number of benzene rings is 1. The largest absolute Gasteiger partial charge is 0.494 e. The first-order valence-electron chi connectivity index (χ1n) is 5.34. The molecule has 0 amide bonds. The van der Waals surface area contributed by atoms with Crippen LogP contribution in [0.4, 0.5) is 5.69 Å². The lowest BCUT2D eigenvalue weighted by Crippen LogP contribution is -2.35. The summed E-state index contributed by atoms with van der Waals surface area (Å²) in [5, 5.41) is 0. The van der Waals surface area contributed by atoms with E-state index in [-0.39, 0.29) is 0 Å². The van der Waals surface area contributed by atoms with E-state index >= 15 is 0 Å². The Morgan fingerprint density at radius 3 is 2.40 bits per heavy atom. The summed E-state index contributed by atoms with van der Waals surface area (Å²) < 4.78 is 5.38. The fraction of sp³-hybridized carbons (Fsp3) is 0.500. The molecule has 0 aliphatic heterocycles. The number of likely N-dealkylation sites (N-methyl/N-ethyl adjacent to an activating group) is 1. The second-order valence-corrected chi connectivity index (χ2v) is 3.62. The van der Waals surface area contributed by atoms with Gasteiger partial charge in [0.25, 0.3) is 0 Å². The van der Waals surface area contributed by atoms with Crippen molar-refractivity contribution in [3.63, 3.8) is 0 Å². The van der Waals surface area contributed by atoms with E-state index in [0.717, 1.165) is 11.4 Å². The van der Waals surface area contributed by atoms with Crippen LogP contribution in [-0.4, -0.2) is 26.2 Å². The normalized spacial score (nSPS) is 12.3. The molecule has 0 heterocycles. The Hall–Kier alpha value is -1.22. The Morgan fingerprint density at radius 2 is 1.93 bits per heavy atom. The SMILES string of the molecule is CCOc1ccc(N(C)C(C)CN)cc1. The smallest absolute Gasteiger partial charge is 0.119 e. The molecule has 0 radical (unpaired) electrons. The maximum Gasteiger partial charge on any atom is 0.119 e. The lowest BCUT2D eigenvalue weighted by Gasteiger charge is -2.25. The van der Waals surface area contributed by atoms with Gasteiger partial charge in [-0.1, -0.05) is 0 Å². The van der Waals surface area contributed by atoms with E-state index in [9.17, 15) is 0 Å². The highest BCUT2D eigenvalue weighted by Crippen LogP contribution is 2.19. The molecule has 1 aromatic rings. The summed E-state index contributed by atoms with van der Waals surface area (Å²) in [5.74, 6) is 0.912. The molecule has 0 aromatic heterocycles. The van der Waals surface area contributed by atoms with Crippen molar-refractivity contribution in [2.75, 3.05) is 25.1 Å². The van der Waals surface area contributed by atoms with Crippen LogP contribution in [0.1, 0.15) is 13.8 Å². The molecule has 3 nitrogen and oxygen atoms in total. The number of nitrogens with zero attached hydrogens (tertiary/aromatic N) is 1. The first-order valence-corrected chi connectivity index (χ1v) is 5.34. The predicted octanol–water partition coefficient (Wildman–Crippen LogP) is 1.87. The van der Waals surface area contributed by atoms with Gasteiger partial charge in [-0.2, -0.15) is 0 Å². The number of hydrogen-bond acceptors (Lipinski definition) is 3. The van der Waals surface area contributed by atoms with Crippen LogP contribution in [0.5, 0.6) is 5.75 Å². The molecule has 0 saturated heterocycles. The molecule has 0 bridgehead atoms. The van der Waals surface area contributed by atoms with Crippen LogP contribution in [0.25, 0.3) is 0 Å². The second kappa shape index (κ2) is 5.61. The van der Waals surface area contributed by atoms with E-state index in [1.807, 2.05) is 26.1 Å². The summed E-state index contributed by atoms with van der Waals surface area (Å²) in [6.07, 6.45) is 0. The molecule has 0 aliphatic carbocycles. The number of rotatable bonds is 5. The first-order chi connectivity index (χ1) is 7.19. The van der Waals surface area contributed by atoms with Gasteiger partial charge in [0.05, 0.1) is 6.61 Å². The third kappa shape index (κ3) is 3.13. The molecule has 0 aliphatic rings. The summed E-state index contributed by atoms with van der Waals surface area (Å²) in [7, 11) is 2.05. The Labute approximate surface area is 91.8 Å². The van der Waals surface area contributed by atoms with Gasteiger partial charge in [0.1, 0.15) is 5.75 Å². The Bertz CT molecular complexity index is 284. The fourth-order valence-electron chi connectivity index (χ4n) is 1.36. The topological polar surface area (TPSA) is 38.5 Å². The number of ether oxygens (including phenoxy) is 1. The van der Waals surface area contributed by atoms with E-state index in [2.05, 4.69) is 24.0 Å². The van der Waals surface area contributed by atoms with E-state index in [1.54, 1.807) is 0 Å². The zero-order valence-electron chi connectivity index (χ0n) is 9.73. The average Bonchev–Trinajstić information content (AvgIpc) is 2.28. The van der Waals surface area contributed by atoms with Crippen LogP contribution in [0.15, 0.2) is 24.3 Å². The summed E-state index contributed by atoms with van der Waals surface area (Å²) >= 11 is 0. The average molecular weight is 208 g/mol. The van der Waals surface area contributed by atoms with Gasteiger partial charge in [-0.05, 0) is 38.1 Å². The van der Waals surface area contributed by atoms with Gasteiger partial charge < -0.3 is 15.4 Å². The monoisotopic (exact) mass is 208 g/mol. The van der Waals surface area contributed by atoms with E-state index in [4.69, 9.17) is 10.5 Å². The van der Waals surface area contributed by atoms with E-state index in [1.165, 1.54) is 0 Å². The molecular formula is C12H20N2O. The predicted molar refractivity (Wildman–Crippen MR) is 64.5 cm³/mol. The minimum absolute atomic E-state index is 0.350. The number of anilines is 1. The van der Waals surface area contributed by atoms with Crippen LogP contribution < -0.4 is 15.4 Å². The highest BCUT2D eigenvalue weighted by atomic mass is 16.5. The highest BCUT2D eigenvalue weighted by molar-refractivity contribution is 5.49. The van der Waals surface area contributed by atoms with Crippen molar-refractivity contribution < 1.29 is 4.74 Å². The lowest BCUT2D eigenvalue weighted by molar-refractivity contribution is 0.340. The molecule has 1 aromatic carbocycles. The van der Waals surface area contributed by atoms with Crippen molar-refractivity contribution in [3.05, 3.63) is 24.3 Å². The van der Waals surface area contributed by atoms with Crippen molar-refractivity contribution >= 4 is 5.69 Å². The molecule has 0 fully saturated rings. The van der Waals surface area contributed by atoms with Gasteiger partial charge in [-0.3, -0.25) is 0 Å². The van der Waals surface area contributed by atoms with Crippen LogP contribution in [-0.2, 0) is 0 Å². The molecule has 0 saturated carbocycles. The summed E-state index contributed by atoms with van der Waals surface area (Å²) in [4.78, 5) is 2.16. The zero-order chi connectivity index (χ0) is 11.3. The summed E-state index contributed by atoms with van der Waals surface area (Å²) in [6, 6.07) is 8.42. The molecule has 2 N–H and O–H groups in total. The second-order valence-electron chi connectivity index (χ2n) is 3.62. The van der Waals surface area contributed by atoms with Crippen molar-refractivity contribution in [2.24, 2.45) is 5.73 Å². The fourth-order valence-corrected chi connectivity index (χ4v) is 1.36. The van der Waals surface area contributed by atoms with Crippen molar-refractivity contribution in [1.82, 2.24) is 0 Å². The van der Waals surface area contributed by atoms with Gasteiger partial charge in [0.15, 0.2) is 0 Å². The van der Waals surface area contributed by atoms with Gasteiger partial charge in [-0.25, -0.2) is 0 Å². The molecule has 1 rings (SSSR count). The number of hydrogen-bond donors (Lipinski definition) is 1. The van der Waals surface area contributed by atoms with Gasteiger partial charge in [-0.15, -0.1) is 0 Å². The lowest BCUT2D eigenvalue weighted by atomic mass is 10.2. The van der Waals surface area contributed by atoms with Crippen LogP contribution >= 0.6 is 0 Å². The van der Waals surface area contributed by atoms with E-state index in [0.29, 0.717) is 19.2 Å². The highest BCUT2D eigenvalue weighted by Gasteiger charge is 2.07. The quantitative estimate of drug-likeness (QED) is 0.802. The first kappa shape index (κ1) is 11.9. The zero-order valence-corrected chi connectivity index (χ0v) is 9.73. The van der Waals surface area contributed by atoms with Crippen LogP contribution in [0.3, 0.4) is 0 Å². The Balaban J connectivity index is 2.70. The van der Waals surface area contributed by atoms with Crippen molar-refractivity contribution in [3.8, 4) is 5.75 Å². The van der Waals surface area contributed by atoms with Crippen molar-refractivity contribution in [2.45, 2.75) is 19.9 Å². The third-order valence-electron chi connectivity index (χ3n) is 2.56.